The molecule has 0 aliphatic heterocycles. The minimum absolute atomic E-state index is 0.0706. The standard InChI is InChI=1S/2C12H11O3P.C6H6O2/c2*13-16(14,15)12-9-5-4-8-11(12)10-6-2-1-3-7-10;7-5-1-2-6(8)4-3-5/h2*1-9H,(H2,13,14,15);1-4,7-8H. The van der Waals surface area contributed by atoms with E-state index in [9.17, 15) is 28.7 Å². The average molecular weight is 578 g/mol. The van der Waals surface area contributed by atoms with Crippen LogP contribution in [0.4, 0.5) is 0 Å². The van der Waals surface area contributed by atoms with Gasteiger partial charge in [0.2, 0.25) is 0 Å². The Balaban J connectivity index is 0.000000175. The zero-order valence-electron chi connectivity index (χ0n) is 21.1. The molecule has 0 unspecified atom stereocenters. The van der Waals surface area contributed by atoms with Crippen molar-refractivity contribution < 1.29 is 38.9 Å². The minimum Gasteiger partial charge on any atom is -0.508 e. The number of hydrogen-bond donors (Lipinski definition) is 6. The van der Waals surface area contributed by atoms with Crippen molar-refractivity contribution in [3.63, 3.8) is 0 Å². The van der Waals surface area contributed by atoms with Gasteiger partial charge in [-0.3, -0.25) is 9.13 Å². The highest BCUT2D eigenvalue weighted by atomic mass is 31.2. The number of phenolic OH excluding ortho intramolecular Hbond substituents is 2. The van der Waals surface area contributed by atoms with Crippen molar-refractivity contribution >= 4 is 25.8 Å². The van der Waals surface area contributed by atoms with Gasteiger partial charge < -0.3 is 29.8 Å². The normalized spacial score (nSPS) is 10.9. The molecule has 0 amide bonds. The molecule has 0 aliphatic carbocycles. The summed E-state index contributed by atoms with van der Waals surface area (Å²) < 4.78 is 22.6. The van der Waals surface area contributed by atoms with E-state index in [0.717, 1.165) is 11.1 Å². The first-order chi connectivity index (χ1) is 19.0. The van der Waals surface area contributed by atoms with Gasteiger partial charge in [-0.1, -0.05) is 97.1 Å². The number of benzene rings is 5. The maximum absolute atomic E-state index is 11.3. The van der Waals surface area contributed by atoms with Crippen molar-refractivity contribution in [1.29, 1.82) is 0 Å². The first kappa shape index (κ1) is 30.5. The molecule has 0 fully saturated rings. The van der Waals surface area contributed by atoms with Gasteiger partial charge in [0.25, 0.3) is 0 Å². The highest BCUT2D eigenvalue weighted by molar-refractivity contribution is 7.61. The first-order valence-electron chi connectivity index (χ1n) is 11.9. The van der Waals surface area contributed by atoms with Crippen LogP contribution in [-0.4, -0.2) is 29.8 Å². The van der Waals surface area contributed by atoms with Crippen molar-refractivity contribution in [2.24, 2.45) is 0 Å². The molecular weight excluding hydrogens is 550 g/mol. The van der Waals surface area contributed by atoms with E-state index >= 15 is 0 Å². The molecule has 10 heteroatoms. The third-order valence-corrected chi connectivity index (χ3v) is 7.49. The van der Waals surface area contributed by atoms with E-state index in [0.29, 0.717) is 11.1 Å². The predicted octanol–water partition coefficient (Wildman–Crippen LogP) is 5.41. The lowest BCUT2D eigenvalue weighted by atomic mass is 10.1. The molecule has 5 aromatic rings. The Hall–Kier alpha value is -4.00. The maximum Gasteiger partial charge on any atom is 0.356 e. The van der Waals surface area contributed by atoms with Gasteiger partial charge in [0, 0.05) is 0 Å². The maximum atomic E-state index is 11.3. The van der Waals surface area contributed by atoms with Crippen LogP contribution in [0.3, 0.4) is 0 Å². The summed E-state index contributed by atoms with van der Waals surface area (Å²) in [4.78, 5) is 37.0. The molecule has 5 rings (SSSR count). The SMILES string of the molecule is O=P(O)(O)c1ccccc1-c1ccccc1.O=P(O)(O)c1ccccc1-c1ccccc1.Oc1ccc(O)cc1. The molecule has 0 heterocycles. The summed E-state index contributed by atoms with van der Waals surface area (Å²) >= 11 is 0. The summed E-state index contributed by atoms with van der Waals surface area (Å²) in [6.07, 6.45) is 0. The molecule has 40 heavy (non-hydrogen) atoms. The number of aromatic hydroxyl groups is 2. The Morgan fingerprint density at radius 3 is 0.950 bits per heavy atom. The Labute approximate surface area is 231 Å². The van der Waals surface area contributed by atoms with Crippen LogP contribution in [0.25, 0.3) is 22.3 Å². The lowest BCUT2D eigenvalue weighted by Gasteiger charge is -2.10. The summed E-state index contributed by atoms with van der Waals surface area (Å²) in [6.45, 7) is 0. The van der Waals surface area contributed by atoms with Crippen molar-refractivity contribution in [3.8, 4) is 33.8 Å². The summed E-state index contributed by atoms with van der Waals surface area (Å²) in [7, 11) is -8.44. The fourth-order valence-electron chi connectivity index (χ4n) is 3.63. The summed E-state index contributed by atoms with van der Waals surface area (Å²) in [5.74, 6) is 0.339. The highest BCUT2D eigenvalue weighted by Gasteiger charge is 2.22. The Morgan fingerprint density at radius 2 is 0.650 bits per heavy atom. The average Bonchev–Trinajstić information content (AvgIpc) is 2.95. The van der Waals surface area contributed by atoms with Gasteiger partial charge in [0.15, 0.2) is 0 Å². The fraction of sp³-hybridized carbons (Fsp3) is 0. The van der Waals surface area contributed by atoms with E-state index in [-0.39, 0.29) is 22.1 Å². The van der Waals surface area contributed by atoms with Gasteiger partial charge in [-0.15, -0.1) is 0 Å². The minimum atomic E-state index is -4.22. The van der Waals surface area contributed by atoms with E-state index in [1.165, 1.54) is 36.4 Å². The van der Waals surface area contributed by atoms with Crippen LogP contribution in [0.1, 0.15) is 0 Å². The molecule has 0 spiro atoms. The van der Waals surface area contributed by atoms with Gasteiger partial charge in [-0.05, 0) is 58.7 Å². The van der Waals surface area contributed by atoms with Gasteiger partial charge >= 0.3 is 15.2 Å². The Bertz CT molecular complexity index is 1470. The predicted molar refractivity (Wildman–Crippen MR) is 157 cm³/mol. The molecule has 5 aromatic carbocycles. The molecule has 6 N–H and O–H groups in total. The van der Waals surface area contributed by atoms with Crippen LogP contribution >= 0.6 is 15.2 Å². The summed E-state index contributed by atoms with van der Waals surface area (Å²) in [5, 5.41) is 17.4. The lowest BCUT2D eigenvalue weighted by Crippen LogP contribution is -2.07. The molecule has 206 valence electrons. The van der Waals surface area contributed by atoms with Gasteiger partial charge in [0.05, 0.1) is 10.6 Å². The molecule has 0 aromatic heterocycles. The van der Waals surface area contributed by atoms with Gasteiger partial charge in [0.1, 0.15) is 11.5 Å². The molecule has 0 saturated heterocycles. The topological polar surface area (TPSA) is 156 Å². The van der Waals surface area contributed by atoms with Crippen molar-refractivity contribution in [2.75, 3.05) is 0 Å². The molecule has 0 radical (unpaired) electrons. The third kappa shape index (κ3) is 9.04. The third-order valence-electron chi connectivity index (χ3n) is 5.46. The monoisotopic (exact) mass is 578 g/mol. The molecule has 8 nitrogen and oxygen atoms in total. The van der Waals surface area contributed by atoms with Crippen molar-refractivity contribution in [3.05, 3.63) is 133 Å². The summed E-state index contributed by atoms with van der Waals surface area (Å²) in [5.41, 5.74) is 2.77. The molecule has 0 bridgehead atoms. The second-order valence-electron chi connectivity index (χ2n) is 8.37. The first-order valence-corrected chi connectivity index (χ1v) is 15.1. The van der Waals surface area contributed by atoms with E-state index in [4.69, 9.17) is 10.2 Å². The van der Waals surface area contributed by atoms with Gasteiger partial charge in [-0.25, -0.2) is 0 Å². The van der Waals surface area contributed by atoms with Crippen LogP contribution in [-0.2, 0) is 9.13 Å². The van der Waals surface area contributed by atoms with E-state index < -0.39 is 15.2 Å². The van der Waals surface area contributed by atoms with Crippen LogP contribution in [0.5, 0.6) is 11.5 Å². The second kappa shape index (κ2) is 13.9. The molecular formula is C30H28O8P2. The van der Waals surface area contributed by atoms with Crippen LogP contribution in [0, 0.1) is 0 Å². The Morgan fingerprint density at radius 1 is 0.375 bits per heavy atom. The Kier molecular flexibility index (Phi) is 10.6. The number of hydrogen-bond acceptors (Lipinski definition) is 4. The lowest BCUT2D eigenvalue weighted by molar-refractivity contribution is 0.385. The molecule has 0 aliphatic rings. The van der Waals surface area contributed by atoms with Crippen LogP contribution in [0.15, 0.2) is 133 Å². The van der Waals surface area contributed by atoms with Crippen LogP contribution in [0.2, 0.25) is 0 Å². The smallest absolute Gasteiger partial charge is 0.356 e. The molecule has 0 atom stereocenters. The highest BCUT2D eigenvalue weighted by Crippen LogP contribution is 2.38. The van der Waals surface area contributed by atoms with Crippen molar-refractivity contribution in [2.45, 2.75) is 0 Å². The number of rotatable bonds is 4. The van der Waals surface area contributed by atoms with Gasteiger partial charge in [-0.2, -0.15) is 0 Å². The largest absolute Gasteiger partial charge is 0.508 e. The zero-order valence-corrected chi connectivity index (χ0v) is 22.9. The fourth-order valence-corrected chi connectivity index (χ4v) is 5.23. The van der Waals surface area contributed by atoms with Crippen LogP contribution < -0.4 is 10.6 Å². The van der Waals surface area contributed by atoms with E-state index in [1.807, 2.05) is 60.7 Å². The van der Waals surface area contributed by atoms with Crippen molar-refractivity contribution in [1.82, 2.24) is 0 Å². The second-order valence-corrected chi connectivity index (χ2v) is 11.5. The quantitative estimate of drug-likeness (QED) is 0.122. The van der Waals surface area contributed by atoms with E-state index in [1.54, 1.807) is 36.4 Å². The number of phenols is 2. The molecule has 0 saturated carbocycles. The van der Waals surface area contributed by atoms with E-state index in [2.05, 4.69) is 0 Å². The zero-order chi connectivity index (χ0) is 29.2. The summed E-state index contributed by atoms with van der Waals surface area (Å²) in [6, 6.07) is 37.2.